The van der Waals surface area contributed by atoms with Crippen molar-refractivity contribution in [2.75, 3.05) is 0 Å². The molecule has 0 saturated heterocycles. The van der Waals surface area contributed by atoms with Crippen LogP contribution in [-0.2, 0) is 6.54 Å². The van der Waals surface area contributed by atoms with Gasteiger partial charge in [0.2, 0.25) is 0 Å². The summed E-state index contributed by atoms with van der Waals surface area (Å²) < 4.78 is 1.16. The lowest BCUT2D eigenvalue weighted by Crippen LogP contribution is -2.30. The van der Waals surface area contributed by atoms with Crippen molar-refractivity contribution in [3.63, 3.8) is 0 Å². The first-order chi connectivity index (χ1) is 7.56. The van der Waals surface area contributed by atoms with Crippen LogP contribution in [0.2, 0.25) is 0 Å². The predicted molar refractivity (Wildman–Crippen MR) is 57.5 cm³/mol. The van der Waals surface area contributed by atoms with Crippen molar-refractivity contribution in [1.29, 1.82) is 0 Å². The summed E-state index contributed by atoms with van der Waals surface area (Å²) in [5.41, 5.74) is -2.16. The Hall–Kier alpha value is -1.92. The average Bonchev–Trinajstić information content (AvgIpc) is 2.21. The van der Waals surface area contributed by atoms with E-state index in [-0.39, 0.29) is 0 Å². The molecule has 88 valence electrons. The molecule has 0 atom stereocenters. The number of unbranched alkanes of at least 4 members (excludes halogenated alkanes) is 2. The van der Waals surface area contributed by atoms with Gasteiger partial charge in [-0.25, -0.2) is 4.79 Å². The fraction of sp³-hybridized carbons (Fsp3) is 0.556. The van der Waals surface area contributed by atoms with Gasteiger partial charge < -0.3 is 0 Å². The number of aromatic amines is 1. The number of nitrogens with one attached hydrogen (secondary N) is 1. The molecule has 0 aromatic carbocycles. The number of aromatic nitrogens is 2. The van der Waals surface area contributed by atoms with Crippen molar-refractivity contribution in [1.82, 2.24) is 9.55 Å². The second-order valence-corrected chi connectivity index (χ2v) is 3.43. The van der Waals surface area contributed by atoms with Gasteiger partial charge in [-0.3, -0.25) is 24.5 Å². The highest BCUT2D eigenvalue weighted by atomic mass is 16.6. The number of nitrogens with zero attached hydrogens (tertiary/aromatic N) is 2. The molecule has 0 amide bonds. The van der Waals surface area contributed by atoms with Crippen LogP contribution in [0.1, 0.15) is 26.2 Å². The summed E-state index contributed by atoms with van der Waals surface area (Å²) in [6.07, 6.45) is 3.66. The van der Waals surface area contributed by atoms with Gasteiger partial charge in [0.05, 0.1) is 11.1 Å². The molecule has 0 aliphatic heterocycles. The minimum atomic E-state index is -0.957. The quantitative estimate of drug-likeness (QED) is 0.453. The SMILES string of the molecule is CCCCCn1cc([N+](=O)[O-])c(=O)[nH]c1=O. The van der Waals surface area contributed by atoms with E-state index >= 15 is 0 Å². The Kier molecular flexibility index (Phi) is 3.98. The van der Waals surface area contributed by atoms with Gasteiger partial charge in [0.1, 0.15) is 0 Å². The fourth-order valence-electron chi connectivity index (χ4n) is 1.33. The lowest BCUT2D eigenvalue weighted by atomic mass is 10.2. The third-order valence-corrected chi connectivity index (χ3v) is 2.19. The molecule has 1 aromatic heterocycles. The average molecular weight is 227 g/mol. The molecule has 0 fully saturated rings. The van der Waals surface area contributed by atoms with Crippen LogP contribution in [0.25, 0.3) is 0 Å². The number of nitro groups is 1. The summed E-state index contributed by atoms with van der Waals surface area (Å²) in [4.78, 5) is 34.0. The molecule has 1 rings (SSSR count). The van der Waals surface area contributed by atoms with Gasteiger partial charge in [-0.1, -0.05) is 19.8 Å². The maximum Gasteiger partial charge on any atom is 0.350 e. The predicted octanol–water partition coefficient (Wildman–Crippen LogP) is 0.635. The molecule has 1 aromatic rings. The van der Waals surface area contributed by atoms with E-state index < -0.39 is 21.9 Å². The fourth-order valence-corrected chi connectivity index (χ4v) is 1.33. The van der Waals surface area contributed by atoms with Crippen molar-refractivity contribution >= 4 is 5.69 Å². The molecule has 0 spiro atoms. The maximum atomic E-state index is 11.3. The standard InChI is InChI=1S/C9H13N3O4/c1-2-3-4-5-11-6-7(12(15)16)8(13)10-9(11)14/h6H,2-5H2,1H3,(H,10,13,14). The molecule has 0 aliphatic carbocycles. The summed E-state index contributed by atoms with van der Waals surface area (Å²) in [6.45, 7) is 2.39. The van der Waals surface area contributed by atoms with Crippen molar-refractivity contribution in [3.8, 4) is 0 Å². The van der Waals surface area contributed by atoms with Crippen molar-refractivity contribution in [2.45, 2.75) is 32.7 Å². The number of aryl methyl sites for hydroxylation is 1. The van der Waals surface area contributed by atoms with Crippen LogP contribution in [0, 0.1) is 10.1 Å². The molecular weight excluding hydrogens is 214 g/mol. The van der Waals surface area contributed by atoms with Crippen LogP contribution in [0.5, 0.6) is 0 Å². The summed E-state index contributed by atoms with van der Waals surface area (Å²) >= 11 is 0. The molecular formula is C9H13N3O4. The van der Waals surface area contributed by atoms with Crippen LogP contribution in [0.4, 0.5) is 5.69 Å². The first kappa shape index (κ1) is 12.2. The van der Waals surface area contributed by atoms with Gasteiger partial charge in [-0.05, 0) is 6.42 Å². The Balaban J connectivity index is 3.01. The molecule has 0 aliphatic rings. The normalized spacial score (nSPS) is 10.3. The van der Waals surface area contributed by atoms with Gasteiger partial charge >= 0.3 is 16.9 Å². The largest absolute Gasteiger partial charge is 0.350 e. The second kappa shape index (κ2) is 5.24. The third kappa shape index (κ3) is 2.78. The zero-order valence-electron chi connectivity index (χ0n) is 8.93. The summed E-state index contributed by atoms with van der Waals surface area (Å²) in [5, 5.41) is 10.5. The van der Waals surface area contributed by atoms with Crippen LogP contribution >= 0.6 is 0 Å². The Morgan fingerprint density at radius 2 is 2.12 bits per heavy atom. The molecule has 7 heteroatoms. The van der Waals surface area contributed by atoms with Gasteiger partial charge in [0.25, 0.3) is 0 Å². The summed E-state index contributed by atoms with van der Waals surface area (Å²) in [7, 11) is 0. The van der Waals surface area contributed by atoms with Gasteiger partial charge in [-0.2, -0.15) is 0 Å². The Morgan fingerprint density at radius 1 is 1.44 bits per heavy atom. The zero-order chi connectivity index (χ0) is 12.1. The number of hydrogen-bond acceptors (Lipinski definition) is 4. The first-order valence-electron chi connectivity index (χ1n) is 5.04. The third-order valence-electron chi connectivity index (χ3n) is 2.19. The molecule has 0 radical (unpaired) electrons. The van der Waals surface area contributed by atoms with Crippen molar-refractivity contribution in [3.05, 3.63) is 37.1 Å². The van der Waals surface area contributed by atoms with Crippen LogP contribution < -0.4 is 11.2 Å². The lowest BCUT2D eigenvalue weighted by molar-refractivity contribution is -0.386. The molecule has 1 heterocycles. The highest BCUT2D eigenvalue weighted by molar-refractivity contribution is 5.20. The molecule has 0 saturated carbocycles. The highest BCUT2D eigenvalue weighted by Crippen LogP contribution is 2.01. The number of H-pyrrole nitrogens is 1. The summed E-state index contributed by atoms with van der Waals surface area (Å²) in [6, 6.07) is 0. The lowest BCUT2D eigenvalue weighted by Gasteiger charge is -2.03. The Labute approximate surface area is 90.9 Å². The zero-order valence-corrected chi connectivity index (χ0v) is 8.93. The van der Waals surface area contributed by atoms with Crippen LogP contribution in [0.3, 0.4) is 0 Å². The van der Waals surface area contributed by atoms with Crippen LogP contribution in [-0.4, -0.2) is 14.5 Å². The second-order valence-electron chi connectivity index (χ2n) is 3.43. The van der Waals surface area contributed by atoms with E-state index in [0.717, 1.165) is 30.0 Å². The highest BCUT2D eigenvalue weighted by Gasteiger charge is 2.14. The van der Waals surface area contributed by atoms with Gasteiger partial charge in [0.15, 0.2) is 0 Å². The first-order valence-corrected chi connectivity index (χ1v) is 5.04. The van der Waals surface area contributed by atoms with E-state index in [2.05, 4.69) is 0 Å². The van der Waals surface area contributed by atoms with E-state index in [1.807, 2.05) is 11.9 Å². The van der Waals surface area contributed by atoms with Crippen molar-refractivity contribution < 1.29 is 4.92 Å². The van der Waals surface area contributed by atoms with E-state index in [9.17, 15) is 19.7 Å². The minimum Gasteiger partial charge on any atom is -0.294 e. The van der Waals surface area contributed by atoms with E-state index in [1.54, 1.807) is 0 Å². The van der Waals surface area contributed by atoms with Crippen molar-refractivity contribution in [2.24, 2.45) is 0 Å². The smallest absolute Gasteiger partial charge is 0.294 e. The summed E-state index contributed by atoms with van der Waals surface area (Å²) in [5.74, 6) is 0. The Morgan fingerprint density at radius 3 is 2.69 bits per heavy atom. The molecule has 1 N–H and O–H groups in total. The van der Waals surface area contributed by atoms with E-state index in [1.165, 1.54) is 0 Å². The molecule has 0 unspecified atom stereocenters. The maximum absolute atomic E-state index is 11.3. The Bertz CT molecular complexity index is 488. The van der Waals surface area contributed by atoms with E-state index in [4.69, 9.17) is 0 Å². The van der Waals surface area contributed by atoms with Gasteiger partial charge in [-0.15, -0.1) is 0 Å². The molecule has 16 heavy (non-hydrogen) atoms. The number of rotatable bonds is 5. The number of hydrogen-bond donors (Lipinski definition) is 1. The molecule has 0 bridgehead atoms. The van der Waals surface area contributed by atoms with Crippen LogP contribution in [0.15, 0.2) is 15.8 Å². The topological polar surface area (TPSA) is 98.0 Å². The monoisotopic (exact) mass is 227 g/mol. The van der Waals surface area contributed by atoms with E-state index in [0.29, 0.717) is 6.54 Å². The van der Waals surface area contributed by atoms with Gasteiger partial charge in [0, 0.05) is 6.54 Å². The molecule has 7 nitrogen and oxygen atoms in total. The minimum absolute atomic E-state index is 0.379.